The summed E-state index contributed by atoms with van der Waals surface area (Å²) in [5.74, 6) is 0. The van der Waals surface area contributed by atoms with Gasteiger partial charge in [-0.3, -0.25) is 4.90 Å². The molecule has 0 aromatic heterocycles. The third kappa shape index (κ3) is 4.77. The summed E-state index contributed by atoms with van der Waals surface area (Å²) in [5.41, 5.74) is 1.49. The lowest BCUT2D eigenvalue weighted by atomic mass is 10.1. The molecule has 0 amide bonds. The van der Waals surface area contributed by atoms with Crippen LogP contribution in [0.15, 0.2) is 24.3 Å². The molecule has 0 spiro atoms. The highest BCUT2D eigenvalue weighted by Gasteiger charge is 2.16. The number of rotatable bonds is 3. The van der Waals surface area contributed by atoms with Gasteiger partial charge in [0, 0.05) is 6.54 Å². The molecule has 0 bridgehead atoms. The molecule has 1 aromatic carbocycles. The molecule has 0 saturated carbocycles. The van der Waals surface area contributed by atoms with Crippen LogP contribution in [0, 0.1) is 0 Å². The highest BCUT2D eigenvalue weighted by atomic mass is 28.3. The average Bonchev–Trinajstić information content (AvgIpc) is 2.32. The lowest BCUT2D eigenvalue weighted by molar-refractivity contribution is 0.240. The number of likely N-dealkylation sites (tertiary alicyclic amines) is 1. The minimum absolute atomic E-state index is 1.14. The third-order valence-electron chi connectivity index (χ3n) is 4.17. The maximum absolute atomic E-state index is 2.64. The molecule has 2 rings (SSSR count). The van der Waals surface area contributed by atoms with Crippen molar-refractivity contribution in [2.45, 2.75) is 58.3 Å². The Kier molecular flexibility index (Phi) is 5.23. The quantitative estimate of drug-likeness (QED) is 0.754. The smallest absolute Gasteiger partial charge is 0.0775 e. The Balaban J connectivity index is 1.94. The standard InChI is InChI=1S/C17H29NSi/c1-19(2,3)17-11-9-16(10-12-17)15-18-13-7-5-4-6-8-14-18/h9-12H,4-8,13-15H2,1-3H3. The van der Waals surface area contributed by atoms with E-state index in [-0.39, 0.29) is 0 Å². The third-order valence-corrected chi connectivity index (χ3v) is 6.24. The summed E-state index contributed by atoms with van der Waals surface area (Å²) in [6.45, 7) is 11.0. The zero-order valence-corrected chi connectivity index (χ0v) is 13.9. The molecule has 0 N–H and O–H groups in total. The fourth-order valence-corrected chi connectivity index (χ4v) is 4.01. The molecule has 1 aliphatic heterocycles. The van der Waals surface area contributed by atoms with Crippen LogP contribution in [0.1, 0.15) is 37.7 Å². The van der Waals surface area contributed by atoms with Crippen LogP contribution in [0.4, 0.5) is 0 Å². The van der Waals surface area contributed by atoms with Gasteiger partial charge in [-0.1, -0.05) is 68.4 Å². The van der Waals surface area contributed by atoms with Crippen LogP contribution in [0.25, 0.3) is 0 Å². The van der Waals surface area contributed by atoms with Crippen molar-refractivity contribution in [3.63, 3.8) is 0 Å². The first-order valence-electron chi connectivity index (χ1n) is 7.87. The largest absolute Gasteiger partial charge is 0.299 e. The molecular formula is C17H29NSi. The van der Waals surface area contributed by atoms with E-state index in [0.29, 0.717) is 0 Å². The van der Waals surface area contributed by atoms with Crippen molar-refractivity contribution in [2.24, 2.45) is 0 Å². The summed E-state index contributed by atoms with van der Waals surface area (Å²) in [7, 11) is -1.14. The Morgan fingerprint density at radius 2 is 1.37 bits per heavy atom. The van der Waals surface area contributed by atoms with Crippen molar-refractivity contribution in [2.75, 3.05) is 13.1 Å². The fraction of sp³-hybridized carbons (Fsp3) is 0.647. The van der Waals surface area contributed by atoms with Gasteiger partial charge in [0.15, 0.2) is 0 Å². The highest BCUT2D eigenvalue weighted by Crippen LogP contribution is 2.13. The normalized spacial score (nSPS) is 18.9. The molecule has 1 aliphatic rings. The minimum atomic E-state index is -1.14. The van der Waals surface area contributed by atoms with Crippen molar-refractivity contribution in [3.8, 4) is 0 Å². The Hall–Kier alpha value is -0.603. The number of benzene rings is 1. The van der Waals surface area contributed by atoms with Crippen LogP contribution in [-0.2, 0) is 6.54 Å². The number of nitrogens with zero attached hydrogens (tertiary/aromatic N) is 1. The van der Waals surface area contributed by atoms with Crippen LogP contribution in [-0.4, -0.2) is 26.1 Å². The summed E-state index contributed by atoms with van der Waals surface area (Å²) >= 11 is 0. The molecule has 1 aromatic rings. The first-order chi connectivity index (χ1) is 9.05. The first-order valence-corrected chi connectivity index (χ1v) is 11.4. The van der Waals surface area contributed by atoms with E-state index in [4.69, 9.17) is 0 Å². The van der Waals surface area contributed by atoms with E-state index >= 15 is 0 Å². The Morgan fingerprint density at radius 3 is 1.89 bits per heavy atom. The summed E-state index contributed by atoms with van der Waals surface area (Å²) in [6, 6.07) is 9.44. The van der Waals surface area contributed by atoms with Crippen molar-refractivity contribution < 1.29 is 0 Å². The van der Waals surface area contributed by atoms with E-state index in [2.05, 4.69) is 48.8 Å². The Bertz CT molecular complexity index is 369. The van der Waals surface area contributed by atoms with Crippen molar-refractivity contribution in [3.05, 3.63) is 29.8 Å². The van der Waals surface area contributed by atoms with E-state index in [9.17, 15) is 0 Å². The van der Waals surface area contributed by atoms with E-state index < -0.39 is 8.07 Å². The maximum atomic E-state index is 2.64. The molecule has 0 aliphatic carbocycles. The van der Waals surface area contributed by atoms with Gasteiger partial charge < -0.3 is 0 Å². The van der Waals surface area contributed by atoms with Gasteiger partial charge in [-0.25, -0.2) is 0 Å². The second-order valence-electron chi connectivity index (χ2n) is 6.99. The molecule has 1 nitrogen and oxygen atoms in total. The van der Waals surface area contributed by atoms with Gasteiger partial charge in [0.25, 0.3) is 0 Å². The molecule has 106 valence electrons. The summed E-state index contributed by atoms with van der Waals surface area (Å²) in [4.78, 5) is 2.64. The van der Waals surface area contributed by atoms with Crippen LogP contribution >= 0.6 is 0 Å². The molecule has 0 atom stereocenters. The van der Waals surface area contributed by atoms with Gasteiger partial charge in [-0.15, -0.1) is 0 Å². The molecule has 0 radical (unpaired) electrons. The second kappa shape index (κ2) is 6.71. The van der Waals surface area contributed by atoms with Crippen molar-refractivity contribution in [1.29, 1.82) is 0 Å². The molecule has 1 saturated heterocycles. The van der Waals surface area contributed by atoms with Gasteiger partial charge in [-0.05, 0) is 31.5 Å². The Labute approximate surface area is 120 Å². The van der Waals surface area contributed by atoms with Gasteiger partial charge in [0.05, 0.1) is 8.07 Å². The summed E-state index contributed by atoms with van der Waals surface area (Å²) < 4.78 is 0. The topological polar surface area (TPSA) is 3.24 Å². The zero-order chi connectivity index (χ0) is 13.7. The zero-order valence-electron chi connectivity index (χ0n) is 12.9. The van der Waals surface area contributed by atoms with Crippen molar-refractivity contribution in [1.82, 2.24) is 4.90 Å². The highest BCUT2D eigenvalue weighted by molar-refractivity contribution is 6.88. The predicted octanol–water partition coefficient (Wildman–Crippen LogP) is 4.00. The monoisotopic (exact) mass is 275 g/mol. The van der Waals surface area contributed by atoms with E-state index in [1.165, 1.54) is 50.8 Å². The molecule has 1 heterocycles. The average molecular weight is 276 g/mol. The molecular weight excluding hydrogens is 246 g/mol. The van der Waals surface area contributed by atoms with Crippen LogP contribution in [0.3, 0.4) is 0 Å². The lowest BCUT2D eigenvalue weighted by Crippen LogP contribution is -2.37. The molecule has 0 unspecified atom stereocenters. The predicted molar refractivity (Wildman–Crippen MR) is 87.8 cm³/mol. The van der Waals surface area contributed by atoms with Gasteiger partial charge in [-0.2, -0.15) is 0 Å². The van der Waals surface area contributed by atoms with Crippen LogP contribution < -0.4 is 5.19 Å². The summed E-state index contributed by atoms with van der Waals surface area (Å²) in [5, 5.41) is 1.57. The first kappa shape index (κ1) is 14.8. The lowest BCUT2D eigenvalue weighted by Gasteiger charge is -2.25. The SMILES string of the molecule is C[Si](C)(C)c1ccc(CN2CCCCCCC2)cc1. The van der Waals surface area contributed by atoms with Crippen LogP contribution in [0.2, 0.25) is 19.6 Å². The second-order valence-corrected chi connectivity index (χ2v) is 12.1. The number of hydrogen-bond acceptors (Lipinski definition) is 1. The number of hydrogen-bond donors (Lipinski definition) is 0. The van der Waals surface area contributed by atoms with Gasteiger partial charge >= 0.3 is 0 Å². The molecule has 1 fully saturated rings. The molecule has 2 heteroatoms. The van der Waals surface area contributed by atoms with E-state index in [1.54, 1.807) is 5.19 Å². The van der Waals surface area contributed by atoms with Crippen molar-refractivity contribution >= 4 is 13.3 Å². The van der Waals surface area contributed by atoms with E-state index in [1.807, 2.05) is 0 Å². The fourth-order valence-electron chi connectivity index (χ4n) is 2.84. The van der Waals surface area contributed by atoms with Gasteiger partial charge in [0.1, 0.15) is 0 Å². The minimum Gasteiger partial charge on any atom is -0.299 e. The van der Waals surface area contributed by atoms with E-state index in [0.717, 1.165) is 6.54 Å². The maximum Gasteiger partial charge on any atom is 0.0775 e. The van der Waals surface area contributed by atoms with Gasteiger partial charge in [0.2, 0.25) is 0 Å². The Morgan fingerprint density at radius 1 is 0.842 bits per heavy atom. The van der Waals surface area contributed by atoms with Crippen LogP contribution in [0.5, 0.6) is 0 Å². The summed E-state index contributed by atoms with van der Waals surface area (Å²) in [6.07, 6.45) is 7.05. The molecule has 19 heavy (non-hydrogen) atoms.